The van der Waals surface area contributed by atoms with Gasteiger partial charge in [0, 0.05) is 0 Å². The molecule has 0 bridgehead atoms. The molecule has 0 atom stereocenters. The molecule has 0 aliphatic rings. The van der Waals surface area contributed by atoms with Crippen molar-refractivity contribution in [1.29, 1.82) is 0 Å². The van der Waals surface area contributed by atoms with E-state index in [1.165, 1.54) is 0 Å². The zero-order valence-corrected chi connectivity index (χ0v) is 9.36. The van der Waals surface area contributed by atoms with Gasteiger partial charge < -0.3 is 6.53 Å². The maximum Gasteiger partial charge on any atom is 1.00 e. The van der Waals surface area contributed by atoms with Crippen molar-refractivity contribution >= 4 is 0 Å². The van der Waals surface area contributed by atoms with Crippen LogP contribution in [0.3, 0.4) is 0 Å². The van der Waals surface area contributed by atoms with E-state index in [1.807, 2.05) is 0 Å². The van der Waals surface area contributed by atoms with E-state index in [2.05, 4.69) is 0 Å². The minimum atomic E-state index is -5.00. The summed E-state index contributed by atoms with van der Waals surface area (Å²) in [5.41, 5.74) is 0. The molecule has 0 saturated carbocycles. The predicted octanol–water partition coefficient (Wildman–Crippen LogP) is -2.39. The van der Waals surface area contributed by atoms with Gasteiger partial charge >= 0.3 is 75.3 Å². The molecule has 0 rings (SSSR count). The Morgan fingerprint density at radius 3 is 1.33 bits per heavy atom. The molecule has 1 N–H and O–H groups in total. The molecular formula is CH2CsF3O. The smallest absolute Gasteiger partial charge is 1.00 e. The average Bonchev–Trinajstić information content (AvgIpc) is 0.722. The van der Waals surface area contributed by atoms with E-state index in [1.54, 1.807) is 0 Å². The normalized spacial score (nSPS) is 10.0. The van der Waals surface area contributed by atoms with E-state index in [9.17, 15) is 13.2 Å². The van der Waals surface area contributed by atoms with Gasteiger partial charge in [-0.2, -0.15) is 0 Å². The maximum atomic E-state index is 9.91. The van der Waals surface area contributed by atoms with Crippen LogP contribution in [0.15, 0.2) is 0 Å². The first kappa shape index (κ1) is 10.7. The SMILES string of the molecule is OC(F)(F)F.[Cs+].[H-]. The minimum absolute atomic E-state index is 0. The van der Waals surface area contributed by atoms with Gasteiger partial charge in [0.15, 0.2) is 0 Å². The van der Waals surface area contributed by atoms with Crippen LogP contribution in [0.1, 0.15) is 1.43 Å². The second-order valence-corrected chi connectivity index (χ2v) is 0.468. The summed E-state index contributed by atoms with van der Waals surface area (Å²) in [4.78, 5) is 0. The molecule has 0 aliphatic carbocycles. The fraction of sp³-hybridized carbons (Fsp3) is 1.00. The molecule has 0 aromatic heterocycles. The Bertz CT molecular complexity index is 30.4. The molecule has 0 radical (unpaired) electrons. The fourth-order valence-electron chi connectivity index (χ4n) is 0. The van der Waals surface area contributed by atoms with E-state index in [0.29, 0.717) is 0 Å². The number of aliphatic hydroxyl groups is 1. The summed E-state index contributed by atoms with van der Waals surface area (Å²) in [5.74, 6) is 0. The van der Waals surface area contributed by atoms with Crippen molar-refractivity contribution < 1.29 is 88.6 Å². The van der Waals surface area contributed by atoms with Crippen molar-refractivity contribution in [2.45, 2.75) is 6.36 Å². The molecular weight excluding hydrogens is 218 g/mol. The van der Waals surface area contributed by atoms with Crippen molar-refractivity contribution in [3.63, 3.8) is 0 Å². The van der Waals surface area contributed by atoms with Gasteiger partial charge in [0.1, 0.15) is 0 Å². The van der Waals surface area contributed by atoms with Crippen molar-refractivity contribution in [3.8, 4) is 0 Å². The molecule has 0 fully saturated rings. The van der Waals surface area contributed by atoms with Gasteiger partial charge in [0.25, 0.3) is 0 Å². The zero-order chi connectivity index (χ0) is 4.50. The van der Waals surface area contributed by atoms with Crippen LogP contribution >= 0.6 is 0 Å². The van der Waals surface area contributed by atoms with E-state index in [4.69, 9.17) is 5.11 Å². The molecule has 0 unspecified atom stereocenters. The quantitative estimate of drug-likeness (QED) is 0.483. The molecule has 0 aromatic rings. The molecule has 0 heterocycles. The Morgan fingerprint density at radius 1 is 1.33 bits per heavy atom. The van der Waals surface area contributed by atoms with Crippen molar-refractivity contribution in [2.24, 2.45) is 0 Å². The van der Waals surface area contributed by atoms with Gasteiger partial charge in [-0.05, 0) is 0 Å². The molecule has 6 heavy (non-hydrogen) atoms. The average molecular weight is 220 g/mol. The molecule has 1 nitrogen and oxygen atoms in total. The van der Waals surface area contributed by atoms with Gasteiger partial charge in [-0.15, -0.1) is 13.2 Å². The van der Waals surface area contributed by atoms with E-state index in [0.717, 1.165) is 0 Å². The van der Waals surface area contributed by atoms with E-state index < -0.39 is 6.36 Å². The number of hydrogen-bond donors (Lipinski definition) is 1. The minimum Gasteiger partial charge on any atom is -1.00 e. The Kier molecular flexibility index (Phi) is 6.72. The van der Waals surface area contributed by atoms with Gasteiger partial charge in [0.2, 0.25) is 0 Å². The van der Waals surface area contributed by atoms with Crippen LogP contribution in [0.4, 0.5) is 13.2 Å². The maximum absolute atomic E-state index is 9.91. The number of hydrogen-bond acceptors (Lipinski definition) is 1. The van der Waals surface area contributed by atoms with Crippen LogP contribution < -0.4 is 68.9 Å². The molecule has 0 saturated heterocycles. The monoisotopic (exact) mass is 220 g/mol. The first-order valence-corrected chi connectivity index (χ1v) is 0.791. The predicted molar refractivity (Wildman–Crippen MR) is 9.39 cm³/mol. The third kappa shape index (κ3) is 41.2. The molecule has 34 valence electrons. The molecule has 0 aromatic carbocycles. The van der Waals surface area contributed by atoms with Crippen LogP contribution in [0.2, 0.25) is 0 Å². The summed E-state index contributed by atoms with van der Waals surface area (Å²) in [5, 5.41) is 6.52. The summed E-state index contributed by atoms with van der Waals surface area (Å²) >= 11 is 0. The molecule has 0 spiro atoms. The Morgan fingerprint density at radius 2 is 1.33 bits per heavy atom. The van der Waals surface area contributed by atoms with Gasteiger partial charge in [0.05, 0.1) is 0 Å². The van der Waals surface area contributed by atoms with Gasteiger partial charge in [-0.25, -0.2) is 0 Å². The van der Waals surface area contributed by atoms with Crippen molar-refractivity contribution in [2.75, 3.05) is 0 Å². The second kappa shape index (κ2) is 3.76. The zero-order valence-electron chi connectivity index (χ0n) is 4.08. The molecule has 0 aliphatic heterocycles. The van der Waals surface area contributed by atoms with Crippen molar-refractivity contribution in [1.82, 2.24) is 0 Å². The molecule has 5 heteroatoms. The Hall–Kier alpha value is 1.80. The summed E-state index contributed by atoms with van der Waals surface area (Å²) in [6.45, 7) is 0. The number of alkyl halides is 3. The Balaban J connectivity index is -0.0000000800. The third-order valence-electron chi connectivity index (χ3n) is 0. The fourth-order valence-corrected chi connectivity index (χ4v) is 0. The van der Waals surface area contributed by atoms with Crippen LogP contribution in [-0.4, -0.2) is 11.5 Å². The summed E-state index contributed by atoms with van der Waals surface area (Å²) in [6.07, 6.45) is -5.00. The number of halogens is 3. The summed E-state index contributed by atoms with van der Waals surface area (Å²) in [6, 6.07) is 0. The summed E-state index contributed by atoms with van der Waals surface area (Å²) < 4.78 is 29.7. The van der Waals surface area contributed by atoms with Gasteiger partial charge in [-0.1, -0.05) is 0 Å². The third-order valence-corrected chi connectivity index (χ3v) is 0. The van der Waals surface area contributed by atoms with Crippen LogP contribution in [0.5, 0.6) is 0 Å². The number of rotatable bonds is 0. The second-order valence-electron chi connectivity index (χ2n) is 0.468. The van der Waals surface area contributed by atoms with Crippen molar-refractivity contribution in [3.05, 3.63) is 0 Å². The summed E-state index contributed by atoms with van der Waals surface area (Å²) in [7, 11) is 0. The first-order valence-electron chi connectivity index (χ1n) is 0.791. The van der Waals surface area contributed by atoms with E-state index >= 15 is 0 Å². The Labute approximate surface area is 92.8 Å². The standard InChI is InChI=1S/CHF3O.Cs.H/c2-1(3,4)5;;/h5H;;/q;+1;-1. The van der Waals surface area contributed by atoms with Gasteiger partial charge in [-0.3, -0.25) is 0 Å². The van der Waals surface area contributed by atoms with E-state index in [-0.39, 0.29) is 70.3 Å². The first-order chi connectivity index (χ1) is 2.00. The van der Waals surface area contributed by atoms with Crippen LogP contribution in [0, 0.1) is 0 Å². The van der Waals surface area contributed by atoms with Crippen LogP contribution in [0.25, 0.3) is 0 Å². The van der Waals surface area contributed by atoms with Crippen LogP contribution in [-0.2, 0) is 0 Å². The molecule has 0 amide bonds. The largest absolute Gasteiger partial charge is 1.00 e. The topological polar surface area (TPSA) is 20.2 Å².